The Balaban J connectivity index is 1.81. The molecular weight excluding hydrogens is 240 g/mol. The van der Waals surface area contributed by atoms with Crippen molar-refractivity contribution in [3.63, 3.8) is 0 Å². The molecule has 2 rings (SSSR count). The van der Waals surface area contributed by atoms with E-state index in [9.17, 15) is 4.79 Å². The number of carbonyl (C=O) groups excluding carboxylic acids is 1. The van der Waals surface area contributed by atoms with Gasteiger partial charge in [-0.05, 0) is 18.6 Å². The Labute approximate surface area is 114 Å². The summed E-state index contributed by atoms with van der Waals surface area (Å²) in [7, 11) is 0. The van der Waals surface area contributed by atoms with Crippen LogP contribution in [0.3, 0.4) is 0 Å². The number of nitrogens with zero attached hydrogens (tertiary/aromatic N) is 3. The van der Waals surface area contributed by atoms with Crippen LogP contribution in [-0.2, 0) is 11.3 Å². The molecular formula is C14H22N4O. The summed E-state index contributed by atoms with van der Waals surface area (Å²) in [4.78, 5) is 20.5. The molecule has 1 aliphatic rings. The first-order valence-electron chi connectivity index (χ1n) is 6.87. The van der Waals surface area contributed by atoms with Gasteiger partial charge in [-0.2, -0.15) is 0 Å². The fourth-order valence-electron chi connectivity index (χ4n) is 2.26. The van der Waals surface area contributed by atoms with Crippen molar-refractivity contribution in [1.82, 2.24) is 14.8 Å². The van der Waals surface area contributed by atoms with Crippen LogP contribution in [0.2, 0.25) is 0 Å². The smallest absolute Gasteiger partial charge is 0.239 e. The summed E-state index contributed by atoms with van der Waals surface area (Å²) in [6.07, 6.45) is 2.52. The number of pyridine rings is 1. The van der Waals surface area contributed by atoms with E-state index in [0.717, 1.165) is 38.4 Å². The van der Waals surface area contributed by atoms with Gasteiger partial charge in [0.25, 0.3) is 0 Å². The van der Waals surface area contributed by atoms with Gasteiger partial charge in [0.05, 0.1) is 11.7 Å². The summed E-state index contributed by atoms with van der Waals surface area (Å²) in [6.45, 7) is 6.10. The van der Waals surface area contributed by atoms with E-state index in [1.165, 1.54) is 0 Å². The topological polar surface area (TPSA) is 62.5 Å². The van der Waals surface area contributed by atoms with Crippen LogP contribution in [0, 0.1) is 0 Å². The standard InChI is InChI=1S/C14H22N4O/c1-2-13(15)14(19)18-9-7-17(8-10-18)11-12-5-3-4-6-16-12/h3-6,13H,2,7-11,15H2,1H3/t13-/m1/s1. The van der Waals surface area contributed by atoms with E-state index in [4.69, 9.17) is 5.73 Å². The quantitative estimate of drug-likeness (QED) is 0.856. The number of carbonyl (C=O) groups is 1. The molecule has 19 heavy (non-hydrogen) atoms. The molecule has 1 aliphatic heterocycles. The predicted octanol–water partition coefficient (Wildman–Crippen LogP) is 0.463. The second-order valence-corrected chi connectivity index (χ2v) is 4.94. The van der Waals surface area contributed by atoms with E-state index >= 15 is 0 Å². The third kappa shape index (κ3) is 3.75. The highest BCUT2D eigenvalue weighted by Gasteiger charge is 2.24. The number of piperazine rings is 1. The third-order valence-electron chi connectivity index (χ3n) is 3.55. The van der Waals surface area contributed by atoms with Crippen molar-refractivity contribution in [2.24, 2.45) is 5.73 Å². The lowest BCUT2D eigenvalue weighted by molar-refractivity contribution is -0.134. The maximum Gasteiger partial charge on any atom is 0.239 e. The number of rotatable bonds is 4. The average Bonchev–Trinajstić information content (AvgIpc) is 2.47. The van der Waals surface area contributed by atoms with Gasteiger partial charge < -0.3 is 10.6 Å². The third-order valence-corrected chi connectivity index (χ3v) is 3.55. The lowest BCUT2D eigenvalue weighted by Gasteiger charge is -2.35. The SMILES string of the molecule is CC[C@@H](N)C(=O)N1CCN(Cc2ccccn2)CC1. The molecule has 2 heterocycles. The van der Waals surface area contributed by atoms with Crippen molar-refractivity contribution in [2.45, 2.75) is 25.9 Å². The minimum Gasteiger partial charge on any atom is -0.339 e. The van der Waals surface area contributed by atoms with Crippen molar-refractivity contribution < 1.29 is 4.79 Å². The summed E-state index contributed by atoms with van der Waals surface area (Å²) < 4.78 is 0. The number of nitrogens with two attached hydrogens (primary N) is 1. The molecule has 1 saturated heterocycles. The first-order valence-corrected chi connectivity index (χ1v) is 6.87. The van der Waals surface area contributed by atoms with Crippen LogP contribution in [0.5, 0.6) is 0 Å². The molecule has 1 aromatic rings. The molecule has 0 aromatic carbocycles. The summed E-state index contributed by atoms with van der Waals surface area (Å²) in [5.41, 5.74) is 6.87. The molecule has 2 N–H and O–H groups in total. The van der Waals surface area contributed by atoms with Gasteiger partial charge in [0.15, 0.2) is 0 Å². The second-order valence-electron chi connectivity index (χ2n) is 4.94. The molecule has 1 fully saturated rings. The maximum atomic E-state index is 12.0. The van der Waals surface area contributed by atoms with Gasteiger partial charge in [0.1, 0.15) is 0 Å². The predicted molar refractivity (Wildman–Crippen MR) is 74.4 cm³/mol. The number of hydrogen-bond donors (Lipinski definition) is 1. The van der Waals surface area contributed by atoms with Crippen LogP contribution in [0.4, 0.5) is 0 Å². The molecule has 1 amide bonds. The number of hydrogen-bond acceptors (Lipinski definition) is 4. The van der Waals surface area contributed by atoms with Gasteiger partial charge in [-0.15, -0.1) is 0 Å². The normalized spacial score (nSPS) is 18.3. The fraction of sp³-hybridized carbons (Fsp3) is 0.571. The van der Waals surface area contributed by atoms with E-state index in [1.807, 2.05) is 36.2 Å². The summed E-state index contributed by atoms with van der Waals surface area (Å²) in [6, 6.07) is 5.61. The van der Waals surface area contributed by atoms with E-state index in [0.29, 0.717) is 6.42 Å². The van der Waals surface area contributed by atoms with Crippen LogP contribution in [0.15, 0.2) is 24.4 Å². The Hall–Kier alpha value is -1.46. The monoisotopic (exact) mass is 262 g/mol. The van der Waals surface area contributed by atoms with Gasteiger partial charge in [-0.3, -0.25) is 14.7 Å². The van der Waals surface area contributed by atoms with Gasteiger partial charge in [0.2, 0.25) is 5.91 Å². The molecule has 0 aliphatic carbocycles. The summed E-state index contributed by atoms with van der Waals surface area (Å²) in [5.74, 6) is 0.0833. The fourth-order valence-corrected chi connectivity index (χ4v) is 2.26. The minimum absolute atomic E-state index is 0.0833. The highest BCUT2D eigenvalue weighted by molar-refractivity contribution is 5.81. The maximum absolute atomic E-state index is 12.0. The van der Waals surface area contributed by atoms with Crippen molar-refractivity contribution in [2.75, 3.05) is 26.2 Å². The minimum atomic E-state index is -0.345. The Bertz CT molecular complexity index is 401. The van der Waals surface area contributed by atoms with E-state index in [1.54, 1.807) is 0 Å². The molecule has 0 unspecified atom stereocenters. The Morgan fingerprint density at radius 3 is 2.68 bits per heavy atom. The van der Waals surface area contributed by atoms with Crippen molar-refractivity contribution in [3.8, 4) is 0 Å². The molecule has 5 nitrogen and oxygen atoms in total. The van der Waals surface area contributed by atoms with Gasteiger partial charge in [-0.1, -0.05) is 13.0 Å². The first kappa shape index (κ1) is 14.0. The summed E-state index contributed by atoms with van der Waals surface area (Å²) >= 11 is 0. The first-order chi connectivity index (χ1) is 9.20. The zero-order valence-electron chi connectivity index (χ0n) is 11.5. The Kier molecular flexibility index (Phi) is 4.87. The van der Waals surface area contributed by atoms with E-state index < -0.39 is 0 Å². The number of amides is 1. The molecule has 0 spiro atoms. The second kappa shape index (κ2) is 6.63. The van der Waals surface area contributed by atoms with Crippen molar-refractivity contribution in [3.05, 3.63) is 30.1 Å². The Morgan fingerprint density at radius 2 is 2.11 bits per heavy atom. The highest BCUT2D eigenvalue weighted by Crippen LogP contribution is 2.08. The highest BCUT2D eigenvalue weighted by atomic mass is 16.2. The van der Waals surface area contributed by atoms with Crippen LogP contribution < -0.4 is 5.73 Å². The Morgan fingerprint density at radius 1 is 1.37 bits per heavy atom. The lowest BCUT2D eigenvalue weighted by Crippen LogP contribution is -2.52. The zero-order valence-corrected chi connectivity index (χ0v) is 11.5. The lowest BCUT2D eigenvalue weighted by atomic mass is 10.2. The average molecular weight is 262 g/mol. The van der Waals surface area contributed by atoms with Crippen LogP contribution >= 0.6 is 0 Å². The summed E-state index contributed by atoms with van der Waals surface area (Å²) in [5, 5.41) is 0. The van der Waals surface area contributed by atoms with E-state index in [2.05, 4.69) is 9.88 Å². The van der Waals surface area contributed by atoms with Gasteiger partial charge in [-0.25, -0.2) is 0 Å². The number of aromatic nitrogens is 1. The molecule has 1 atom stereocenters. The van der Waals surface area contributed by atoms with Gasteiger partial charge in [0, 0.05) is 38.9 Å². The molecule has 0 bridgehead atoms. The molecule has 0 saturated carbocycles. The molecule has 0 radical (unpaired) electrons. The molecule has 104 valence electrons. The van der Waals surface area contributed by atoms with Crippen LogP contribution in [0.25, 0.3) is 0 Å². The van der Waals surface area contributed by atoms with Crippen molar-refractivity contribution >= 4 is 5.91 Å². The molecule has 1 aromatic heterocycles. The zero-order chi connectivity index (χ0) is 13.7. The van der Waals surface area contributed by atoms with Crippen LogP contribution in [0.1, 0.15) is 19.0 Å². The van der Waals surface area contributed by atoms with Crippen molar-refractivity contribution in [1.29, 1.82) is 0 Å². The van der Waals surface area contributed by atoms with E-state index in [-0.39, 0.29) is 11.9 Å². The van der Waals surface area contributed by atoms with Gasteiger partial charge >= 0.3 is 0 Å². The van der Waals surface area contributed by atoms with Crippen LogP contribution in [-0.4, -0.2) is 52.9 Å². The molecule has 5 heteroatoms. The largest absolute Gasteiger partial charge is 0.339 e.